The van der Waals surface area contributed by atoms with Gasteiger partial charge in [0.2, 0.25) is 0 Å². The minimum Gasteiger partial charge on any atom is -0.454 e. The van der Waals surface area contributed by atoms with Gasteiger partial charge in [-0.05, 0) is 24.3 Å². The Labute approximate surface area is 160 Å². The molecule has 0 fully saturated rings. The monoisotopic (exact) mass is 414 g/mol. The smallest absolute Gasteiger partial charge is 0.422 e. The van der Waals surface area contributed by atoms with E-state index in [0.717, 1.165) is 30.3 Å². The molecular formula is C19H12F6N2O2. The SMILES string of the molecule is Nc1ccc(F)c(Oc2cc(F)c(C(F)(F)F)c(Oc3cc(N)ccc3F)c2)c1. The molecule has 0 heterocycles. The summed E-state index contributed by atoms with van der Waals surface area (Å²) < 4.78 is 91.9. The molecule has 0 saturated heterocycles. The lowest BCUT2D eigenvalue weighted by Gasteiger charge is -2.17. The Morgan fingerprint density at radius 1 is 0.621 bits per heavy atom. The Hall–Kier alpha value is -3.56. The van der Waals surface area contributed by atoms with E-state index in [1.807, 2.05) is 0 Å². The number of hydrogen-bond donors (Lipinski definition) is 2. The lowest BCUT2D eigenvalue weighted by molar-refractivity contribution is -0.141. The maximum atomic E-state index is 14.3. The van der Waals surface area contributed by atoms with Crippen LogP contribution in [-0.2, 0) is 6.18 Å². The summed E-state index contributed by atoms with van der Waals surface area (Å²) in [5.41, 5.74) is 9.30. The van der Waals surface area contributed by atoms with Crippen LogP contribution in [0.2, 0.25) is 0 Å². The first kappa shape index (κ1) is 20.2. The second-order valence-corrected chi connectivity index (χ2v) is 5.86. The van der Waals surface area contributed by atoms with Gasteiger partial charge in [0.1, 0.15) is 22.9 Å². The van der Waals surface area contributed by atoms with Gasteiger partial charge in [0, 0.05) is 35.6 Å². The molecule has 3 aromatic carbocycles. The van der Waals surface area contributed by atoms with Crippen molar-refractivity contribution in [1.82, 2.24) is 0 Å². The van der Waals surface area contributed by atoms with E-state index in [4.69, 9.17) is 20.9 Å². The number of ether oxygens (including phenoxy) is 2. The van der Waals surface area contributed by atoms with Crippen LogP contribution >= 0.6 is 0 Å². The molecule has 10 heteroatoms. The predicted octanol–water partition coefficient (Wildman–Crippen LogP) is 5.87. The number of nitrogen functional groups attached to an aromatic ring is 2. The summed E-state index contributed by atoms with van der Waals surface area (Å²) in [6.45, 7) is 0. The molecule has 0 spiro atoms. The fourth-order valence-electron chi connectivity index (χ4n) is 2.41. The van der Waals surface area contributed by atoms with E-state index in [2.05, 4.69) is 0 Å². The van der Waals surface area contributed by atoms with Crippen LogP contribution in [-0.4, -0.2) is 0 Å². The molecule has 0 saturated carbocycles. The van der Waals surface area contributed by atoms with Gasteiger partial charge in [-0.2, -0.15) is 13.2 Å². The number of halogens is 6. The quantitative estimate of drug-likeness (QED) is 0.414. The molecule has 0 aliphatic rings. The molecule has 3 rings (SSSR count). The highest BCUT2D eigenvalue weighted by atomic mass is 19.4. The Balaban J connectivity index is 2.09. The third-order valence-electron chi connectivity index (χ3n) is 3.67. The van der Waals surface area contributed by atoms with Crippen LogP contribution in [0, 0.1) is 17.5 Å². The molecule has 0 aliphatic carbocycles. The third kappa shape index (κ3) is 4.48. The van der Waals surface area contributed by atoms with Crippen molar-refractivity contribution < 1.29 is 35.8 Å². The van der Waals surface area contributed by atoms with Crippen LogP contribution in [0.25, 0.3) is 0 Å². The highest BCUT2D eigenvalue weighted by molar-refractivity contribution is 5.51. The molecule has 0 amide bonds. The second-order valence-electron chi connectivity index (χ2n) is 5.86. The van der Waals surface area contributed by atoms with E-state index >= 15 is 0 Å². The molecular weight excluding hydrogens is 402 g/mol. The van der Waals surface area contributed by atoms with Gasteiger partial charge in [-0.1, -0.05) is 0 Å². The van der Waals surface area contributed by atoms with E-state index in [9.17, 15) is 26.3 Å². The fourth-order valence-corrected chi connectivity index (χ4v) is 2.41. The number of anilines is 2. The van der Waals surface area contributed by atoms with E-state index in [-0.39, 0.29) is 11.4 Å². The van der Waals surface area contributed by atoms with E-state index in [0.29, 0.717) is 12.1 Å². The number of nitrogens with two attached hydrogens (primary N) is 2. The maximum absolute atomic E-state index is 14.3. The molecule has 0 aliphatic heterocycles. The van der Waals surface area contributed by atoms with Crippen molar-refractivity contribution in [2.24, 2.45) is 0 Å². The topological polar surface area (TPSA) is 70.5 Å². The Morgan fingerprint density at radius 2 is 1.14 bits per heavy atom. The molecule has 0 atom stereocenters. The standard InChI is InChI=1S/C19H12F6N2O2/c20-12-3-1-9(26)5-15(12)28-11-7-14(22)18(19(23,24)25)17(8-11)29-16-6-10(27)2-4-13(16)21/h1-8H,26-27H2. The van der Waals surface area contributed by atoms with Crippen molar-refractivity contribution in [1.29, 1.82) is 0 Å². The normalized spacial score (nSPS) is 11.4. The fraction of sp³-hybridized carbons (Fsp3) is 0.0526. The lowest BCUT2D eigenvalue weighted by Crippen LogP contribution is -2.11. The van der Waals surface area contributed by atoms with Crippen molar-refractivity contribution in [2.45, 2.75) is 6.18 Å². The highest BCUT2D eigenvalue weighted by Gasteiger charge is 2.39. The number of rotatable bonds is 4. The van der Waals surface area contributed by atoms with Gasteiger partial charge in [-0.3, -0.25) is 0 Å². The predicted molar refractivity (Wildman–Crippen MR) is 93.2 cm³/mol. The summed E-state index contributed by atoms with van der Waals surface area (Å²) in [5.74, 6) is -6.42. The Kier molecular flexibility index (Phi) is 5.19. The first-order valence-electron chi connectivity index (χ1n) is 7.91. The first-order valence-corrected chi connectivity index (χ1v) is 7.91. The number of alkyl halides is 3. The van der Waals surface area contributed by atoms with Crippen molar-refractivity contribution in [3.63, 3.8) is 0 Å². The van der Waals surface area contributed by atoms with Crippen LogP contribution in [0.1, 0.15) is 5.56 Å². The molecule has 0 bridgehead atoms. The molecule has 0 radical (unpaired) electrons. The summed E-state index contributed by atoms with van der Waals surface area (Å²) in [4.78, 5) is 0. The summed E-state index contributed by atoms with van der Waals surface area (Å²) in [6, 6.07) is 7.26. The van der Waals surface area contributed by atoms with Crippen LogP contribution in [0.15, 0.2) is 48.5 Å². The summed E-state index contributed by atoms with van der Waals surface area (Å²) in [7, 11) is 0. The van der Waals surface area contributed by atoms with Crippen LogP contribution in [0.4, 0.5) is 37.7 Å². The summed E-state index contributed by atoms with van der Waals surface area (Å²) in [5, 5.41) is 0. The summed E-state index contributed by atoms with van der Waals surface area (Å²) in [6.07, 6.45) is -5.17. The van der Waals surface area contributed by atoms with Crippen molar-refractivity contribution >= 4 is 11.4 Å². The zero-order chi connectivity index (χ0) is 21.3. The number of hydrogen-bond acceptors (Lipinski definition) is 4. The van der Waals surface area contributed by atoms with E-state index < -0.39 is 52.2 Å². The lowest BCUT2D eigenvalue weighted by atomic mass is 10.1. The molecule has 0 unspecified atom stereocenters. The van der Waals surface area contributed by atoms with Gasteiger partial charge in [-0.25, -0.2) is 13.2 Å². The molecule has 29 heavy (non-hydrogen) atoms. The minimum atomic E-state index is -5.17. The Morgan fingerprint density at radius 3 is 1.66 bits per heavy atom. The highest BCUT2D eigenvalue weighted by Crippen LogP contribution is 2.43. The van der Waals surface area contributed by atoms with Crippen LogP contribution in [0.3, 0.4) is 0 Å². The Bertz CT molecular complexity index is 1070. The molecule has 4 nitrogen and oxygen atoms in total. The van der Waals surface area contributed by atoms with Gasteiger partial charge in [0.15, 0.2) is 23.1 Å². The zero-order valence-electron chi connectivity index (χ0n) is 14.4. The number of benzene rings is 3. The van der Waals surface area contributed by atoms with Gasteiger partial charge in [0.25, 0.3) is 0 Å². The van der Waals surface area contributed by atoms with Crippen LogP contribution < -0.4 is 20.9 Å². The molecule has 3 aromatic rings. The van der Waals surface area contributed by atoms with Crippen LogP contribution in [0.5, 0.6) is 23.0 Å². The van der Waals surface area contributed by atoms with Crippen molar-refractivity contribution in [3.05, 3.63) is 71.5 Å². The third-order valence-corrected chi connectivity index (χ3v) is 3.67. The van der Waals surface area contributed by atoms with Gasteiger partial charge in [0.05, 0.1) is 0 Å². The van der Waals surface area contributed by atoms with Gasteiger partial charge >= 0.3 is 6.18 Å². The minimum absolute atomic E-state index is 0.00432. The average molecular weight is 414 g/mol. The first-order chi connectivity index (χ1) is 13.5. The average Bonchev–Trinajstić information content (AvgIpc) is 2.60. The largest absolute Gasteiger partial charge is 0.454 e. The summed E-state index contributed by atoms with van der Waals surface area (Å²) >= 11 is 0. The molecule has 4 N–H and O–H groups in total. The zero-order valence-corrected chi connectivity index (χ0v) is 14.4. The van der Waals surface area contributed by atoms with Gasteiger partial charge < -0.3 is 20.9 Å². The molecule has 0 aromatic heterocycles. The van der Waals surface area contributed by atoms with E-state index in [1.165, 1.54) is 6.07 Å². The van der Waals surface area contributed by atoms with Crippen molar-refractivity contribution in [2.75, 3.05) is 11.5 Å². The van der Waals surface area contributed by atoms with E-state index in [1.54, 1.807) is 0 Å². The van der Waals surface area contributed by atoms with Gasteiger partial charge in [-0.15, -0.1) is 0 Å². The van der Waals surface area contributed by atoms with Crippen molar-refractivity contribution in [3.8, 4) is 23.0 Å². The molecule has 152 valence electrons. The maximum Gasteiger partial charge on any atom is 0.422 e. The second kappa shape index (κ2) is 7.46.